The van der Waals surface area contributed by atoms with Gasteiger partial charge in [0.15, 0.2) is 0 Å². The summed E-state index contributed by atoms with van der Waals surface area (Å²) < 4.78 is 37.4. The minimum atomic E-state index is -2.83. The molecule has 1 aromatic heterocycles. The van der Waals surface area contributed by atoms with Crippen LogP contribution in [0.15, 0.2) is 6.07 Å². The normalized spacial score (nSPS) is 11.0. The smallest absolute Gasteiger partial charge is 0.264 e. The van der Waals surface area contributed by atoms with E-state index in [9.17, 15) is 13.2 Å². The molecule has 0 atom stereocenters. The molecule has 0 bridgehead atoms. The van der Waals surface area contributed by atoms with Crippen molar-refractivity contribution in [1.29, 1.82) is 0 Å². The minimum Gasteiger partial charge on any atom is -0.390 e. The van der Waals surface area contributed by atoms with Crippen LogP contribution in [0.5, 0.6) is 0 Å². The predicted molar refractivity (Wildman–Crippen MR) is 44.6 cm³/mol. The van der Waals surface area contributed by atoms with Crippen LogP contribution in [0.3, 0.4) is 0 Å². The van der Waals surface area contributed by atoms with Crippen LogP contribution in [0.1, 0.15) is 23.2 Å². The van der Waals surface area contributed by atoms with E-state index in [-0.39, 0.29) is 17.1 Å². The summed E-state index contributed by atoms with van der Waals surface area (Å²) in [6.45, 7) is -0.612. The van der Waals surface area contributed by atoms with Crippen molar-refractivity contribution in [2.75, 3.05) is 0 Å². The maximum Gasteiger partial charge on any atom is 0.264 e. The molecule has 0 amide bonds. The van der Waals surface area contributed by atoms with E-state index in [1.807, 2.05) is 0 Å². The van der Waals surface area contributed by atoms with E-state index in [0.29, 0.717) is 6.07 Å². The predicted octanol–water partition coefficient (Wildman–Crippen LogP) is 2.39. The first kappa shape index (κ1) is 11.3. The van der Waals surface area contributed by atoms with Gasteiger partial charge in [-0.2, -0.15) is 4.39 Å². The van der Waals surface area contributed by atoms with E-state index in [0.717, 1.165) is 0 Å². The van der Waals surface area contributed by atoms with Crippen molar-refractivity contribution < 1.29 is 18.3 Å². The highest BCUT2D eigenvalue weighted by molar-refractivity contribution is 6.17. The Balaban J connectivity index is 3.31. The van der Waals surface area contributed by atoms with Gasteiger partial charge in [-0.3, -0.25) is 0 Å². The Kier molecular flexibility index (Phi) is 3.71. The molecule has 2 nitrogen and oxygen atoms in total. The van der Waals surface area contributed by atoms with E-state index in [1.165, 1.54) is 0 Å². The van der Waals surface area contributed by atoms with Crippen LogP contribution < -0.4 is 0 Å². The number of pyridine rings is 1. The average molecular weight is 226 g/mol. The number of aliphatic hydroxyl groups is 1. The molecular weight excluding hydrogens is 219 g/mol. The summed E-state index contributed by atoms with van der Waals surface area (Å²) in [7, 11) is 0. The fraction of sp³-hybridized carbons (Fsp3) is 0.375. The second kappa shape index (κ2) is 4.61. The van der Waals surface area contributed by atoms with Crippen LogP contribution in [0.2, 0.25) is 0 Å². The second-order valence-electron chi connectivity index (χ2n) is 2.55. The number of hydrogen-bond acceptors (Lipinski definition) is 2. The summed E-state index contributed by atoms with van der Waals surface area (Å²) in [4.78, 5) is 3.27. The molecule has 1 N–H and O–H groups in total. The topological polar surface area (TPSA) is 33.1 Å². The monoisotopic (exact) mass is 225 g/mol. The first-order valence-corrected chi connectivity index (χ1v) is 4.26. The summed E-state index contributed by atoms with van der Waals surface area (Å²) in [5, 5.41) is 8.75. The lowest BCUT2D eigenvalue weighted by atomic mass is 10.1. The summed E-state index contributed by atoms with van der Waals surface area (Å²) in [5.41, 5.74) is -0.669. The maximum absolute atomic E-state index is 12.7. The van der Waals surface area contributed by atoms with Crippen LogP contribution in [0.4, 0.5) is 13.2 Å². The molecule has 1 aromatic rings. The van der Waals surface area contributed by atoms with Crippen molar-refractivity contribution in [3.8, 4) is 0 Å². The Hall–Kier alpha value is -0.810. The first-order chi connectivity index (χ1) is 6.60. The molecule has 0 saturated carbocycles. The molecule has 1 heterocycles. The van der Waals surface area contributed by atoms with E-state index >= 15 is 0 Å². The van der Waals surface area contributed by atoms with Gasteiger partial charge in [0.05, 0.1) is 12.3 Å². The summed E-state index contributed by atoms with van der Waals surface area (Å²) in [6, 6.07) is 0.627. The molecule has 0 saturated heterocycles. The van der Waals surface area contributed by atoms with E-state index in [2.05, 4.69) is 4.98 Å². The van der Waals surface area contributed by atoms with Gasteiger partial charge in [-0.15, -0.1) is 11.6 Å². The van der Waals surface area contributed by atoms with Crippen molar-refractivity contribution >= 4 is 11.6 Å². The van der Waals surface area contributed by atoms with Gasteiger partial charge in [-0.25, -0.2) is 13.8 Å². The van der Waals surface area contributed by atoms with Gasteiger partial charge in [-0.1, -0.05) is 0 Å². The lowest BCUT2D eigenvalue weighted by Crippen LogP contribution is -2.04. The number of hydrogen-bond donors (Lipinski definition) is 1. The number of rotatable bonds is 3. The molecule has 0 aromatic carbocycles. The van der Waals surface area contributed by atoms with E-state index < -0.39 is 24.5 Å². The second-order valence-corrected chi connectivity index (χ2v) is 2.82. The molecule has 0 spiro atoms. The fourth-order valence-corrected chi connectivity index (χ4v) is 1.40. The maximum atomic E-state index is 12.7. The highest BCUT2D eigenvalue weighted by Gasteiger charge is 2.18. The van der Waals surface area contributed by atoms with Crippen molar-refractivity contribution in [3.63, 3.8) is 0 Å². The molecule has 0 aliphatic carbocycles. The van der Waals surface area contributed by atoms with Crippen LogP contribution in [-0.2, 0) is 12.5 Å². The number of aromatic nitrogens is 1. The Morgan fingerprint density at radius 2 is 2.14 bits per heavy atom. The molecule has 0 aliphatic rings. The van der Waals surface area contributed by atoms with Gasteiger partial charge in [-0.05, 0) is 5.56 Å². The van der Waals surface area contributed by atoms with Crippen LogP contribution in [-0.4, -0.2) is 10.1 Å². The molecule has 78 valence electrons. The summed E-state index contributed by atoms with van der Waals surface area (Å²) >= 11 is 5.41. The lowest BCUT2D eigenvalue weighted by molar-refractivity contribution is 0.149. The number of alkyl halides is 3. The molecule has 0 aliphatic heterocycles. The van der Waals surface area contributed by atoms with E-state index in [1.54, 1.807) is 0 Å². The summed E-state index contributed by atoms with van der Waals surface area (Å²) in [6.07, 6.45) is -2.83. The first-order valence-electron chi connectivity index (χ1n) is 3.73. The minimum absolute atomic E-state index is 0.00873. The SMILES string of the molecule is OCc1nc(F)cc(C(F)F)c1CCl. The highest BCUT2D eigenvalue weighted by Crippen LogP contribution is 2.26. The van der Waals surface area contributed by atoms with Crippen molar-refractivity contribution in [2.24, 2.45) is 0 Å². The third-order valence-electron chi connectivity index (χ3n) is 1.73. The number of halogens is 4. The average Bonchev–Trinajstić information content (AvgIpc) is 2.16. The van der Waals surface area contributed by atoms with Crippen molar-refractivity contribution in [1.82, 2.24) is 4.98 Å². The largest absolute Gasteiger partial charge is 0.390 e. The molecule has 0 fully saturated rings. The third-order valence-corrected chi connectivity index (χ3v) is 2.00. The van der Waals surface area contributed by atoms with Crippen LogP contribution >= 0.6 is 11.6 Å². The fourth-order valence-electron chi connectivity index (χ4n) is 1.09. The van der Waals surface area contributed by atoms with E-state index in [4.69, 9.17) is 16.7 Å². The quantitative estimate of drug-likeness (QED) is 0.633. The zero-order valence-electron chi connectivity index (χ0n) is 6.98. The van der Waals surface area contributed by atoms with Crippen LogP contribution in [0.25, 0.3) is 0 Å². The van der Waals surface area contributed by atoms with Crippen molar-refractivity contribution in [2.45, 2.75) is 18.9 Å². The zero-order valence-corrected chi connectivity index (χ0v) is 7.73. The Morgan fingerprint density at radius 3 is 2.57 bits per heavy atom. The van der Waals surface area contributed by atoms with Gasteiger partial charge in [0.1, 0.15) is 0 Å². The molecule has 0 radical (unpaired) electrons. The molecular formula is C8H7ClF3NO. The Morgan fingerprint density at radius 1 is 1.50 bits per heavy atom. The Labute approximate surface area is 83.3 Å². The van der Waals surface area contributed by atoms with Crippen LogP contribution in [0, 0.1) is 5.95 Å². The third kappa shape index (κ3) is 2.16. The molecule has 6 heteroatoms. The highest BCUT2D eigenvalue weighted by atomic mass is 35.5. The van der Waals surface area contributed by atoms with Gasteiger partial charge < -0.3 is 5.11 Å². The van der Waals surface area contributed by atoms with Gasteiger partial charge in [0, 0.05) is 17.5 Å². The summed E-state index contributed by atoms with van der Waals surface area (Å²) in [5.74, 6) is -1.28. The Bertz CT molecular complexity index is 333. The molecule has 14 heavy (non-hydrogen) atoms. The van der Waals surface area contributed by atoms with Gasteiger partial charge in [0.25, 0.3) is 6.43 Å². The molecule has 0 unspecified atom stereocenters. The number of nitrogens with zero attached hydrogens (tertiary/aromatic N) is 1. The zero-order chi connectivity index (χ0) is 10.7. The van der Waals surface area contributed by atoms with Crippen molar-refractivity contribution in [3.05, 3.63) is 28.8 Å². The molecule has 1 rings (SSSR count). The lowest BCUT2D eigenvalue weighted by Gasteiger charge is -2.09. The van der Waals surface area contributed by atoms with Gasteiger partial charge >= 0.3 is 0 Å². The van der Waals surface area contributed by atoms with Gasteiger partial charge in [0.2, 0.25) is 5.95 Å². The standard InChI is InChI=1S/C8H7ClF3NO/c9-2-5-4(8(11)12)1-7(10)13-6(5)3-14/h1,8,14H,2-3H2. The number of aliphatic hydroxyl groups excluding tert-OH is 1.